The molecule has 3 heteroatoms. The summed E-state index contributed by atoms with van der Waals surface area (Å²) < 4.78 is 0. The van der Waals surface area contributed by atoms with Crippen molar-refractivity contribution in [2.45, 2.75) is 26.4 Å². The SMILES string of the molecule is CNCc1ccc(N(CCO)C(C)C)cc1. The van der Waals surface area contributed by atoms with Gasteiger partial charge in [-0.3, -0.25) is 0 Å². The zero-order valence-electron chi connectivity index (χ0n) is 10.4. The molecule has 0 aromatic heterocycles. The summed E-state index contributed by atoms with van der Waals surface area (Å²) in [5.41, 5.74) is 2.45. The molecule has 16 heavy (non-hydrogen) atoms. The third-order valence-corrected chi connectivity index (χ3v) is 2.61. The standard InChI is InChI=1S/C13H22N2O/c1-11(2)15(8-9-16)13-6-4-12(5-7-13)10-14-3/h4-7,11,14,16H,8-10H2,1-3H3. The third-order valence-electron chi connectivity index (χ3n) is 2.61. The minimum Gasteiger partial charge on any atom is -0.395 e. The molecule has 0 aliphatic rings. The lowest BCUT2D eigenvalue weighted by atomic mass is 10.1. The molecule has 0 fully saturated rings. The number of nitrogens with zero attached hydrogens (tertiary/aromatic N) is 1. The van der Waals surface area contributed by atoms with Crippen LogP contribution in [0.4, 0.5) is 5.69 Å². The van der Waals surface area contributed by atoms with Crippen LogP contribution < -0.4 is 10.2 Å². The summed E-state index contributed by atoms with van der Waals surface area (Å²) in [6.07, 6.45) is 0. The van der Waals surface area contributed by atoms with E-state index < -0.39 is 0 Å². The number of benzene rings is 1. The molecule has 0 unspecified atom stereocenters. The second kappa shape index (κ2) is 6.51. The van der Waals surface area contributed by atoms with Gasteiger partial charge in [0.05, 0.1) is 6.61 Å². The van der Waals surface area contributed by atoms with Crippen LogP contribution in [0.3, 0.4) is 0 Å². The Balaban J connectivity index is 2.77. The molecule has 0 radical (unpaired) electrons. The molecule has 0 saturated heterocycles. The lowest BCUT2D eigenvalue weighted by Crippen LogP contribution is -2.33. The van der Waals surface area contributed by atoms with E-state index in [1.165, 1.54) is 11.3 Å². The maximum atomic E-state index is 9.03. The maximum Gasteiger partial charge on any atom is 0.0606 e. The van der Waals surface area contributed by atoms with Crippen molar-refractivity contribution in [2.75, 3.05) is 25.1 Å². The number of nitrogens with one attached hydrogen (secondary N) is 1. The van der Waals surface area contributed by atoms with Gasteiger partial charge in [-0.25, -0.2) is 0 Å². The molecular formula is C13H22N2O. The summed E-state index contributed by atoms with van der Waals surface area (Å²) in [6, 6.07) is 8.88. The Labute approximate surface area is 98.1 Å². The molecular weight excluding hydrogens is 200 g/mol. The molecule has 0 aliphatic heterocycles. The van der Waals surface area contributed by atoms with Gasteiger partial charge in [0.1, 0.15) is 0 Å². The van der Waals surface area contributed by atoms with Crippen LogP contribution in [-0.2, 0) is 6.54 Å². The minimum atomic E-state index is 0.191. The molecule has 1 aromatic carbocycles. The van der Waals surface area contributed by atoms with Gasteiger partial charge in [0.2, 0.25) is 0 Å². The van der Waals surface area contributed by atoms with Crippen LogP contribution in [0.25, 0.3) is 0 Å². The van der Waals surface area contributed by atoms with E-state index in [-0.39, 0.29) is 6.61 Å². The number of hydrogen-bond acceptors (Lipinski definition) is 3. The average Bonchev–Trinajstić information content (AvgIpc) is 2.27. The number of rotatable bonds is 6. The summed E-state index contributed by atoms with van der Waals surface area (Å²) in [4.78, 5) is 2.20. The molecule has 1 aromatic rings. The lowest BCUT2D eigenvalue weighted by molar-refractivity contribution is 0.299. The molecule has 3 nitrogen and oxygen atoms in total. The van der Waals surface area contributed by atoms with E-state index in [9.17, 15) is 0 Å². The second-order valence-corrected chi connectivity index (χ2v) is 4.21. The zero-order valence-corrected chi connectivity index (χ0v) is 10.4. The predicted molar refractivity (Wildman–Crippen MR) is 68.8 cm³/mol. The summed E-state index contributed by atoms with van der Waals surface area (Å²) in [6.45, 7) is 6.04. The number of anilines is 1. The van der Waals surface area contributed by atoms with Crippen LogP contribution in [0.1, 0.15) is 19.4 Å². The monoisotopic (exact) mass is 222 g/mol. The number of aliphatic hydroxyl groups excluding tert-OH is 1. The van der Waals surface area contributed by atoms with E-state index in [0.717, 1.165) is 6.54 Å². The number of hydrogen-bond donors (Lipinski definition) is 2. The van der Waals surface area contributed by atoms with E-state index in [1.54, 1.807) is 0 Å². The van der Waals surface area contributed by atoms with Crippen LogP contribution in [0.15, 0.2) is 24.3 Å². The van der Waals surface area contributed by atoms with Gasteiger partial charge in [-0.15, -0.1) is 0 Å². The first-order valence-corrected chi connectivity index (χ1v) is 5.80. The molecule has 0 spiro atoms. The van der Waals surface area contributed by atoms with Crippen LogP contribution in [0, 0.1) is 0 Å². The Kier molecular flexibility index (Phi) is 5.29. The van der Waals surface area contributed by atoms with Crippen molar-refractivity contribution in [1.29, 1.82) is 0 Å². The van der Waals surface area contributed by atoms with E-state index in [2.05, 4.69) is 48.3 Å². The van der Waals surface area contributed by atoms with Crippen molar-refractivity contribution in [3.8, 4) is 0 Å². The zero-order chi connectivity index (χ0) is 12.0. The number of aliphatic hydroxyl groups is 1. The van der Waals surface area contributed by atoms with Gasteiger partial charge < -0.3 is 15.3 Å². The summed E-state index contributed by atoms with van der Waals surface area (Å²) >= 11 is 0. The van der Waals surface area contributed by atoms with Crippen LogP contribution in [0.2, 0.25) is 0 Å². The van der Waals surface area contributed by atoms with Gasteiger partial charge in [-0.2, -0.15) is 0 Å². The summed E-state index contributed by atoms with van der Waals surface area (Å²) in [5.74, 6) is 0. The Bertz CT molecular complexity index is 295. The average molecular weight is 222 g/mol. The first-order valence-electron chi connectivity index (χ1n) is 5.80. The fourth-order valence-corrected chi connectivity index (χ4v) is 1.80. The first kappa shape index (κ1) is 13.0. The van der Waals surface area contributed by atoms with Crippen molar-refractivity contribution in [1.82, 2.24) is 5.32 Å². The lowest BCUT2D eigenvalue weighted by Gasteiger charge is -2.28. The fourth-order valence-electron chi connectivity index (χ4n) is 1.80. The molecule has 0 bridgehead atoms. The Morgan fingerprint density at radius 1 is 1.25 bits per heavy atom. The van der Waals surface area contributed by atoms with Crippen LogP contribution in [-0.4, -0.2) is 31.3 Å². The van der Waals surface area contributed by atoms with E-state index in [0.29, 0.717) is 12.6 Å². The topological polar surface area (TPSA) is 35.5 Å². The van der Waals surface area contributed by atoms with Crippen LogP contribution in [0.5, 0.6) is 0 Å². The highest BCUT2D eigenvalue weighted by Crippen LogP contribution is 2.17. The Morgan fingerprint density at radius 2 is 1.88 bits per heavy atom. The Hall–Kier alpha value is -1.06. The molecule has 2 N–H and O–H groups in total. The van der Waals surface area contributed by atoms with Gasteiger partial charge in [-0.1, -0.05) is 12.1 Å². The first-order chi connectivity index (χ1) is 7.69. The molecule has 0 amide bonds. The van der Waals surface area contributed by atoms with Gasteiger partial charge in [0.25, 0.3) is 0 Å². The highest BCUT2D eigenvalue weighted by Gasteiger charge is 2.09. The smallest absolute Gasteiger partial charge is 0.0606 e. The molecule has 0 atom stereocenters. The van der Waals surface area contributed by atoms with Crippen molar-refractivity contribution < 1.29 is 5.11 Å². The van der Waals surface area contributed by atoms with E-state index >= 15 is 0 Å². The summed E-state index contributed by atoms with van der Waals surface area (Å²) in [5, 5.41) is 12.2. The van der Waals surface area contributed by atoms with Gasteiger partial charge in [0, 0.05) is 24.8 Å². The largest absolute Gasteiger partial charge is 0.395 e. The Morgan fingerprint density at radius 3 is 2.31 bits per heavy atom. The molecule has 0 aliphatic carbocycles. The van der Waals surface area contributed by atoms with Crippen LogP contribution >= 0.6 is 0 Å². The molecule has 90 valence electrons. The fraction of sp³-hybridized carbons (Fsp3) is 0.538. The van der Waals surface area contributed by atoms with Crippen molar-refractivity contribution in [3.63, 3.8) is 0 Å². The summed E-state index contributed by atoms with van der Waals surface area (Å²) in [7, 11) is 1.94. The van der Waals surface area contributed by atoms with Crippen molar-refractivity contribution in [2.24, 2.45) is 0 Å². The van der Waals surface area contributed by atoms with Gasteiger partial charge >= 0.3 is 0 Å². The van der Waals surface area contributed by atoms with E-state index in [1.807, 2.05) is 7.05 Å². The normalized spacial score (nSPS) is 10.8. The second-order valence-electron chi connectivity index (χ2n) is 4.21. The van der Waals surface area contributed by atoms with Gasteiger partial charge in [0.15, 0.2) is 0 Å². The highest BCUT2D eigenvalue weighted by molar-refractivity contribution is 5.48. The molecule has 0 saturated carbocycles. The minimum absolute atomic E-state index is 0.191. The van der Waals surface area contributed by atoms with Gasteiger partial charge in [-0.05, 0) is 38.6 Å². The van der Waals surface area contributed by atoms with Crippen molar-refractivity contribution >= 4 is 5.69 Å². The molecule has 0 heterocycles. The maximum absolute atomic E-state index is 9.03. The quantitative estimate of drug-likeness (QED) is 0.767. The highest BCUT2D eigenvalue weighted by atomic mass is 16.3. The third kappa shape index (κ3) is 3.51. The van der Waals surface area contributed by atoms with E-state index in [4.69, 9.17) is 5.11 Å². The van der Waals surface area contributed by atoms with Crippen molar-refractivity contribution in [3.05, 3.63) is 29.8 Å². The molecule has 1 rings (SSSR count). The predicted octanol–water partition coefficient (Wildman–Crippen LogP) is 1.61.